The van der Waals surface area contributed by atoms with Crippen LogP contribution in [-0.4, -0.2) is 4.57 Å². The first kappa shape index (κ1) is 24.2. The molecular weight excluding hydrogens is 541 g/mol. The number of thiophene rings is 1. The Balaban J connectivity index is 1.29. The highest BCUT2D eigenvalue weighted by atomic mass is 32.1. The van der Waals surface area contributed by atoms with E-state index in [1.165, 1.54) is 52.8 Å². The Hall–Kier alpha value is -5.38. The van der Waals surface area contributed by atoms with Gasteiger partial charge in [-0.05, 0) is 71.4 Å². The van der Waals surface area contributed by atoms with E-state index >= 15 is 0 Å². The molecule has 43 heavy (non-hydrogen) atoms. The zero-order valence-corrected chi connectivity index (χ0v) is 24.1. The first-order valence-corrected chi connectivity index (χ1v) is 15.4. The van der Waals surface area contributed by atoms with Crippen LogP contribution in [0, 0.1) is 0 Å². The molecule has 3 heteroatoms. The maximum Gasteiger partial charge on any atom is 0.0561 e. The van der Waals surface area contributed by atoms with Gasteiger partial charge in [0.2, 0.25) is 0 Å². The molecule has 0 amide bonds. The third-order valence-electron chi connectivity index (χ3n) is 8.55. The van der Waals surface area contributed by atoms with Gasteiger partial charge in [0.25, 0.3) is 0 Å². The molecule has 2 aromatic heterocycles. The second-order valence-electron chi connectivity index (χ2n) is 11.0. The van der Waals surface area contributed by atoms with Crippen LogP contribution >= 0.6 is 11.3 Å². The summed E-state index contributed by atoms with van der Waals surface area (Å²) in [5, 5.41) is 7.78. The zero-order valence-electron chi connectivity index (χ0n) is 23.3. The van der Waals surface area contributed by atoms with Crippen LogP contribution in [0.4, 0.5) is 17.1 Å². The van der Waals surface area contributed by atoms with Gasteiger partial charge in [0.15, 0.2) is 0 Å². The van der Waals surface area contributed by atoms with E-state index in [1.807, 2.05) is 11.3 Å². The molecule has 0 fully saturated rings. The largest absolute Gasteiger partial charge is 0.310 e. The Labute approximate surface area is 253 Å². The number of anilines is 3. The number of fused-ring (bicyclic) bond motifs is 8. The Bertz CT molecular complexity index is 2450. The molecule has 202 valence electrons. The lowest BCUT2D eigenvalue weighted by Gasteiger charge is -2.26. The standard InChI is InChI=1S/C40H26N2S/c1-3-12-28(13-4-1)41(31-21-23-35-39(26-31)43-38-24-19-27-11-7-8-16-32(27)40(35)38)30-20-22-34-33-17-9-10-18-36(33)42(37(34)25-30)29-14-5-2-6-15-29/h1-26H. The summed E-state index contributed by atoms with van der Waals surface area (Å²) in [4.78, 5) is 2.38. The van der Waals surface area contributed by atoms with Crippen LogP contribution in [0.2, 0.25) is 0 Å². The highest BCUT2D eigenvalue weighted by molar-refractivity contribution is 7.26. The van der Waals surface area contributed by atoms with Crippen molar-refractivity contribution in [2.24, 2.45) is 0 Å². The maximum absolute atomic E-state index is 2.39. The molecular formula is C40H26N2S. The van der Waals surface area contributed by atoms with Crippen LogP contribution in [0.25, 0.3) is 58.4 Å². The number of para-hydroxylation sites is 3. The van der Waals surface area contributed by atoms with Gasteiger partial charge in [0, 0.05) is 53.7 Å². The highest BCUT2D eigenvalue weighted by Crippen LogP contribution is 2.44. The molecule has 2 heterocycles. The minimum Gasteiger partial charge on any atom is -0.310 e. The summed E-state index contributed by atoms with van der Waals surface area (Å²) in [6, 6.07) is 57.1. The van der Waals surface area contributed by atoms with Gasteiger partial charge in [-0.15, -0.1) is 11.3 Å². The summed E-state index contributed by atoms with van der Waals surface area (Å²) in [5.41, 5.74) is 6.98. The summed E-state index contributed by atoms with van der Waals surface area (Å²) in [7, 11) is 0. The molecule has 0 radical (unpaired) electrons. The number of benzene rings is 7. The van der Waals surface area contributed by atoms with Crippen molar-refractivity contribution in [3.63, 3.8) is 0 Å². The van der Waals surface area contributed by atoms with Gasteiger partial charge in [-0.1, -0.05) is 97.1 Å². The third kappa shape index (κ3) is 3.79. The third-order valence-corrected chi connectivity index (χ3v) is 9.67. The normalized spacial score (nSPS) is 11.7. The molecule has 0 atom stereocenters. The molecule has 0 aliphatic carbocycles. The van der Waals surface area contributed by atoms with Crippen molar-refractivity contribution in [3.05, 3.63) is 158 Å². The molecule has 0 unspecified atom stereocenters. The molecule has 0 aliphatic heterocycles. The Morgan fingerprint density at radius 2 is 1.07 bits per heavy atom. The number of nitrogens with zero attached hydrogens (tertiary/aromatic N) is 2. The topological polar surface area (TPSA) is 8.17 Å². The highest BCUT2D eigenvalue weighted by Gasteiger charge is 2.18. The van der Waals surface area contributed by atoms with Crippen molar-refractivity contribution in [1.82, 2.24) is 4.57 Å². The second kappa shape index (κ2) is 9.59. The maximum atomic E-state index is 2.39. The van der Waals surface area contributed by atoms with E-state index < -0.39 is 0 Å². The summed E-state index contributed by atoms with van der Waals surface area (Å²) in [5.74, 6) is 0. The van der Waals surface area contributed by atoms with Crippen molar-refractivity contribution in [2.45, 2.75) is 0 Å². The van der Waals surface area contributed by atoms with E-state index in [9.17, 15) is 0 Å². The van der Waals surface area contributed by atoms with E-state index in [0.29, 0.717) is 0 Å². The smallest absolute Gasteiger partial charge is 0.0561 e. The van der Waals surface area contributed by atoms with Crippen molar-refractivity contribution >= 4 is 81.1 Å². The lowest BCUT2D eigenvalue weighted by molar-refractivity contribution is 1.18. The molecule has 0 saturated heterocycles. The Kier molecular flexibility index (Phi) is 5.40. The van der Waals surface area contributed by atoms with Crippen LogP contribution in [0.1, 0.15) is 0 Å². The predicted octanol–water partition coefficient (Wildman–Crippen LogP) is 11.8. The molecule has 7 aromatic carbocycles. The van der Waals surface area contributed by atoms with Gasteiger partial charge in [-0.25, -0.2) is 0 Å². The lowest BCUT2D eigenvalue weighted by Crippen LogP contribution is -2.09. The number of hydrogen-bond acceptors (Lipinski definition) is 2. The first-order chi connectivity index (χ1) is 21.3. The van der Waals surface area contributed by atoms with Crippen LogP contribution in [-0.2, 0) is 0 Å². The zero-order chi connectivity index (χ0) is 28.3. The van der Waals surface area contributed by atoms with Gasteiger partial charge in [-0.2, -0.15) is 0 Å². The Morgan fingerprint density at radius 3 is 1.91 bits per heavy atom. The molecule has 0 saturated carbocycles. The van der Waals surface area contributed by atoms with E-state index in [2.05, 4.69) is 167 Å². The van der Waals surface area contributed by atoms with Crippen LogP contribution in [0.3, 0.4) is 0 Å². The predicted molar refractivity (Wildman–Crippen MR) is 186 cm³/mol. The van der Waals surface area contributed by atoms with Crippen molar-refractivity contribution in [3.8, 4) is 5.69 Å². The molecule has 9 aromatic rings. The van der Waals surface area contributed by atoms with Gasteiger partial charge in [-0.3, -0.25) is 0 Å². The fraction of sp³-hybridized carbons (Fsp3) is 0. The molecule has 0 bridgehead atoms. The fourth-order valence-corrected chi connectivity index (χ4v) is 7.81. The molecule has 0 spiro atoms. The van der Waals surface area contributed by atoms with Gasteiger partial charge in [0.1, 0.15) is 0 Å². The average molecular weight is 567 g/mol. The summed E-state index contributed by atoms with van der Waals surface area (Å²) < 4.78 is 5.01. The van der Waals surface area contributed by atoms with E-state index in [0.717, 1.165) is 22.7 Å². The summed E-state index contributed by atoms with van der Waals surface area (Å²) in [6.45, 7) is 0. The monoisotopic (exact) mass is 566 g/mol. The fourth-order valence-electron chi connectivity index (χ4n) is 6.65. The lowest BCUT2D eigenvalue weighted by atomic mass is 10.0. The van der Waals surface area contributed by atoms with E-state index in [-0.39, 0.29) is 0 Å². The van der Waals surface area contributed by atoms with Gasteiger partial charge in [0.05, 0.1) is 11.0 Å². The average Bonchev–Trinajstić information content (AvgIpc) is 3.61. The summed E-state index contributed by atoms with van der Waals surface area (Å²) in [6.07, 6.45) is 0. The minimum atomic E-state index is 1.13. The number of aromatic nitrogens is 1. The van der Waals surface area contributed by atoms with Crippen molar-refractivity contribution < 1.29 is 0 Å². The van der Waals surface area contributed by atoms with Crippen molar-refractivity contribution in [1.29, 1.82) is 0 Å². The molecule has 9 rings (SSSR count). The van der Waals surface area contributed by atoms with Crippen LogP contribution in [0.15, 0.2) is 158 Å². The van der Waals surface area contributed by atoms with Gasteiger partial charge < -0.3 is 9.47 Å². The minimum absolute atomic E-state index is 1.13. The van der Waals surface area contributed by atoms with Crippen LogP contribution < -0.4 is 4.90 Å². The molecule has 0 N–H and O–H groups in total. The van der Waals surface area contributed by atoms with E-state index in [1.54, 1.807) is 0 Å². The molecule has 0 aliphatic rings. The van der Waals surface area contributed by atoms with E-state index in [4.69, 9.17) is 0 Å². The SMILES string of the molecule is c1ccc(N(c2ccc3c(c2)sc2ccc4ccccc4c23)c2ccc3c4ccccc4n(-c4ccccc4)c3c2)cc1. The van der Waals surface area contributed by atoms with Crippen molar-refractivity contribution in [2.75, 3.05) is 4.90 Å². The van der Waals surface area contributed by atoms with Gasteiger partial charge >= 0.3 is 0 Å². The van der Waals surface area contributed by atoms with Crippen LogP contribution in [0.5, 0.6) is 0 Å². The number of rotatable bonds is 4. The first-order valence-electron chi connectivity index (χ1n) is 14.6. The summed E-state index contributed by atoms with van der Waals surface area (Å²) >= 11 is 1.87. The molecule has 2 nitrogen and oxygen atoms in total. The second-order valence-corrected chi connectivity index (χ2v) is 12.1. The number of hydrogen-bond donors (Lipinski definition) is 0. The quantitative estimate of drug-likeness (QED) is 0.206. The Morgan fingerprint density at radius 1 is 0.419 bits per heavy atom.